The van der Waals surface area contributed by atoms with E-state index in [-0.39, 0.29) is 28.2 Å². The monoisotopic (exact) mass is 383 g/mol. The third-order valence-corrected chi connectivity index (χ3v) is 5.01. The van der Waals surface area contributed by atoms with Gasteiger partial charge in [-0.25, -0.2) is 0 Å². The second-order valence-electron chi connectivity index (χ2n) is 5.99. The van der Waals surface area contributed by atoms with Crippen LogP contribution in [0, 0.1) is 0 Å². The fourth-order valence-electron chi connectivity index (χ4n) is 3.05. The van der Waals surface area contributed by atoms with Gasteiger partial charge >= 0.3 is 10.1 Å². The van der Waals surface area contributed by atoms with Crippen molar-refractivity contribution in [2.75, 3.05) is 19.3 Å². The summed E-state index contributed by atoms with van der Waals surface area (Å²) in [6.45, 7) is 1.28. The SMILES string of the molecule is CS(=O)(=O)Oc1c(O)cc2c(c1Cl)CCNC[C@@H]2c1ccc(O)cc1. The fourth-order valence-corrected chi connectivity index (χ4v) is 3.90. The second-order valence-corrected chi connectivity index (χ2v) is 7.95. The van der Waals surface area contributed by atoms with Crippen LogP contribution in [0.2, 0.25) is 5.02 Å². The van der Waals surface area contributed by atoms with Crippen LogP contribution in [-0.4, -0.2) is 38.0 Å². The summed E-state index contributed by atoms with van der Waals surface area (Å²) in [6.07, 6.45) is 1.47. The van der Waals surface area contributed by atoms with E-state index in [1.807, 2.05) is 12.1 Å². The van der Waals surface area contributed by atoms with E-state index in [1.54, 1.807) is 12.1 Å². The highest BCUT2D eigenvalue weighted by Gasteiger charge is 2.27. The van der Waals surface area contributed by atoms with Gasteiger partial charge in [-0.3, -0.25) is 0 Å². The van der Waals surface area contributed by atoms with Crippen LogP contribution >= 0.6 is 11.6 Å². The first-order chi connectivity index (χ1) is 11.8. The van der Waals surface area contributed by atoms with E-state index < -0.39 is 10.1 Å². The summed E-state index contributed by atoms with van der Waals surface area (Å²) in [5.41, 5.74) is 2.49. The molecule has 1 aliphatic heterocycles. The number of phenolic OH excluding ortho intramolecular Hbond substituents is 2. The number of aromatic hydroxyl groups is 2. The van der Waals surface area contributed by atoms with Crippen LogP contribution in [0.3, 0.4) is 0 Å². The molecule has 1 atom stereocenters. The van der Waals surface area contributed by atoms with E-state index in [9.17, 15) is 18.6 Å². The molecular weight excluding hydrogens is 366 g/mol. The lowest BCUT2D eigenvalue weighted by molar-refractivity contribution is 0.429. The van der Waals surface area contributed by atoms with E-state index in [4.69, 9.17) is 15.8 Å². The van der Waals surface area contributed by atoms with Gasteiger partial charge in [0.1, 0.15) is 5.75 Å². The Bertz CT molecular complexity index is 896. The zero-order valence-corrected chi connectivity index (χ0v) is 15.1. The van der Waals surface area contributed by atoms with Gasteiger partial charge in [0, 0.05) is 12.5 Å². The highest BCUT2D eigenvalue weighted by atomic mass is 35.5. The van der Waals surface area contributed by atoms with Crippen LogP contribution in [0.25, 0.3) is 0 Å². The molecule has 3 N–H and O–H groups in total. The summed E-state index contributed by atoms with van der Waals surface area (Å²) in [4.78, 5) is 0. The maximum Gasteiger partial charge on any atom is 0.306 e. The third-order valence-electron chi connectivity index (χ3n) is 4.14. The number of halogens is 1. The van der Waals surface area contributed by atoms with Crippen LogP contribution < -0.4 is 9.50 Å². The fraction of sp³-hybridized carbons (Fsp3) is 0.294. The van der Waals surface area contributed by atoms with E-state index in [0.717, 1.165) is 22.9 Å². The van der Waals surface area contributed by atoms with Crippen LogP contribution in [0.1, 0.15) is 22.6 Å². The molecule has 0 amide bonds. The van der Waals surface area contributed by atoms with Crippen LogP contribution in [0.5, 0.6) is 17.2 Å². The first kappa shape index (κ1) is 17.8. The van der Waals surface area contributed by atoms with E-state index in [0.29, 0.717) is 19.5 Å². The van der Waals surface area contributed by atoms with Crippen molar-refractivity contribution in [3.05, 3.63) is 52.0 Å². The van der Waals surface area contributed by atoms with Crippen molar-refractivity contribution >= 4 is 21.7 Å². The van der Waals surface area contributed by atoms with Crippen molar-refractivity contribution < 1.29 is 22.8 Å². The van der Waals surface area contributed by atoms with E-state index in [1.165, 1.54) is 6.07 Å². The van der Waals surface area contributed by atoms with Crippen molar-refractivity contribution in [1.82, 2.24) is 5.32 Å². The first-order valence-electron chi connectivity index (χ1n) is 7.69. The van der Waals surface area contributed by atoms with Crippen LogP contribution in [0.15, 0.2) is 30.3 Å². The Balaban J connectivity index is 2.13. The van der Waals surface area contributed by atoms with Gasteiger partial charge in [0.05, 0.1) is 11.3 Å². The topological polar surface area (TPSA) is 95.9 Å². The molecule has 134 valence electrons. The Kier molecular flexibility index (Phi) is 4.81. The summed E-state index contributed by atoms with van der Waals surface area (Å²) in [5, 5.41) is 23.2. The molecule has 0 unspecified atom stereocenters. The molecule has 8 heteroatoms. The Morgan fingerprint density at radius 1 is 1.24 bits per heavy atom. The average molecular weight is 384 g/mol. The quantitative estimate of drug-likeness (QED) is 0.704. The molecule has 0 radical (unpaired) electrons. The maximum absolute atomic E-state index is 11.4. The first-order valence-corrected chi connectivity index (χ1v) is 9.89. The molecule has 1 heterocycles. The normalized spacial score (nSPS) is 17.6. The summed E-state index contributed by atoms with van der Waals surface area (Å²) in [7, 11) is -3.82. The summed E-state index contributed by atoms with van der Waals surface area (Å²) < 4.78 is 27.7. The third kappa shape index (κ3) is 3.84. The lowest BCUT2D eigenvalue weighted by Gasteiger charge is -2.21. The number of nitrogens with one attached hydrogen (secondary N) is 1. The van der Waals surface area contributed by atoms with Crippen molar-refractivity contribution in [3.63, 3.8) is 0 Å². The van der Waals surface area contributed by atoms with E-state index >= 15 is 0 Å². The Morgan fingerprint density at radius 2 is 1.92 bits per heavy atom. The summed E-state index contributed by atoms with van der Waals surface area (Å²) >= 11 is 6.37. The molecule has 2 aromatic rings. The summed E-state index contributed by atoms with van der Waals surface area (Å²) in [5.74, 6) is -0.494. The van der Waals surface area contributed by atoms with Crippen molar-refractivity contribution in [2.24, 2.45) is 0 Å². The van der Waals surface area contributed by atoms with Crippen molar-refractivity contribution in [3.8, 4) is 17.2 Å². The Hall–Kier alpha value is -1.96. The van der Waals surface area contributed by atoms with Crippen LogP contribution in [-0.2, 0) is 16.5 Å². The molecule has 0 fully saturated rings. The van der Waals surface area contributed by atoms with Crippen LogP contribution in [0.4, 0.5) is 0 Å². The number of rotatable bonds is 3. The number of hydrogen-bond acceptors (Lipinski definition) is 6. The molecule has 3 rings (SSSR count). The maximum atomic E-state index is 11.4. The van der Waals surface area contributed by atoms with Gasteiger partial charge in [-0.05, 0) is 47.9 Å². The molecule has 0 aromatic heterocycles. The molecule has 0 aliphatic carbocycles. The molecular formula is C17H18ClNO5S. The lowest BCUT2D eigenvalue weighted by atomic mass is 9.87. The number of hydrogen-bond donors (Lipinski definition) is 3. The number of fused-ring (bicyclic) bond motifs is 1. The Morgan fingerprint density at radius 3 is 2.56 bits per heavy atom. The van der Waals surface area contributed by atoms with Gasteiger partial charge in [0.2, 0.25) is 5.75 Å². The predicted molar refractivity (Wildman–Crippen MR) is 95.1 cm³/mol. The average Bonchev–Trinajstić information content (AvgIpc) is 2.74. The zero-order chi connectivity index (χ0) is 18.2. The van der Waals surface area contributed by atoms with E-state index in [2.05, 4.69) is 5.32 Å². The zero-order valence-electron chi connectivity index (χ0n) is 13.5. The second kappa shape index (κ2) is 6.74. The van der Waals surface area contributed by atoms with Gasteiger partial charge in [-0.2, -0.15) is 8.42 Å². The number of benzene rings is 2. The molecule has 0 spiro atoms. The molecule has 0 saturated heterocycles. The highest BCUT2D eigenvalue weighted by molar-refractivity contribution is 7.86. The summed E-state index contributed by atoms with van der Waals surface area (Å²) in [6, 6.07) is 8.32. The van der Waals surface area contributed by atoms with Crippen molar-refractivity contribution in [1.29, 1.82) is 0 Å². The molecule has 6 nitrogen and oxygen atoms in total. The molecule has 25 heavy (non-hydrogen) atoms. The largest absolute Gasteiger partial charge is 0.508 e. The smallest absolute Gasteiger partial charge is 0.306 e. The molecule has 0 bridgehead atoms. The lowest BCUT2D eigenvalue weighted by Crippen LogP contribution is -2.20. The van der Waals surface area contributed by atoms with Gasteiger partial charge in [-0.15, -0.1) is 0 Å². The predicted octanol–water partition coefficient (Wildman–Crippen LogP) is 2.37. The van der Waals surface area contributed by atoms with Gasteiger partial charge in [0.15, 0.2) is 5.75 Å². The van der Waals surface area contributed by atoms with Gasteiger partial charge in [-0.1, -0.05) is 23.7 Å². The minimum atomic E-state index is -3.82. The van der Waals surface area contributed by atoms with Gasteiger partial charge in [0.25, 0.3) is 0 Å². The number of phenols is 2. The van der Waals surface area contributed by atoms with Gasteiger partial charge < -0.3 is 19.7 Å². The minimum Gasteiger partial charge on any atom is -0.508 e. The minimum absolute atomic E-state index is 0.103. The Labute approximate surface area is 151 Å². The molecule has 2 aromatic carbocycles. The highest BCUT2D eigenvalue weighted by Crippen LogP contribution is 2.44. The standard InChI is InChI=1S/C17H18ClNO5S/c1-25(22,23)24-17-15(21)8-13-12(16(17)18)6-7-19-9-14(13)10-2-4-11(20)5-3-10/h2-5,8,14,19-21H,6-7,9H2,1H3/t14-/m1/s1. The molecule has 1 aliphatic rings. The van der Waals surface area contributed by atoms with Crippen molar-refractivity contribution in [2.45, 2.75) is 12.3 Å². The molecule has 0 saturated carbocycles.